The van der Waals surface area contributed by atoms with E-state index in [1.165, 1.54) is 10.7 Å². The van der Waals surface area contributed by atoms with Gasteiger partial charge in [0, 0.05) is 18.3 Å². The highest BCUT2D eigenvalue weighted by atomic mass is 16.2. The van der Waals surface area contributed by atoms with E-state index in [0.29, 0.717) is 18.2 Å². The molecule has 0 aliphatic rings. The van der Waals surface area contributed by atoms with Crippen molar-refractivity contribution in [3.8, 4) is 0 Å². The number of aromatic nitrogens is 2. The minimum Gasteiger partial charge on any atom is -0.299 e. The summed E-state index contributed by atoms with van der Waals surface area (Å²) in [5, 5.41) is 2.87. The lowest BCUT2D eigenvalue weighted by molar-refractivity contribution is -0.120. The van der Waals surface area contributed by atoms with E-state index in [4.69, 9.17) is 5.84 Å². The lowest BCUT2D eigenvalue weighted by Gasteiger charge is -2.04. The second-order valence-corrected chi connectivity index (χ2v) is 3.87. The molecule has 0 fully saturated rings. The Kier molecular flexibility index (Phi) is 3.68. The molecule has 0 aliphatic carbocycles. The van der Waals surface area contributed by atoms with Crippen molar-refractivity contribution in [2.24, 2.45) is 11.8 Å². The van der Waals surface area contributed by atoms with Crippen LogP contribution in [-0.4, -0.2) is 15.7 Å². The molecular formula is C9H16N4O2. The fourth-order valence-electron chi connectivity index (χ4n) is 1.30. The highest BCUT2D eigenvalue weighted by Crippen LogP contribution is 1.97. The van der Waals surface area contributed by atoms with Gasteiger partial charge in [0.1, 0.15) is 0 Å². The van der Waals surface area contributed by atoms with Gasteiger partial charge in [-0.1, -0.05) is 13.8 Å². The van der Waals surface area contributed by atoms with Crippen LogP contribution in [0.5, 0.6) is 0 Å². The molecule has 1 rings (SSSR count). The van der Waals surface area contributed by atoms with Gasteiger partial charge in [0.2, 0.25) is 5.91 Å². The van der Waals surface area contributed by atoms with Crippen LogP contribution in [0, 0.1) is 5.92 Å². The normalized spacial score (nSPS) is 10.7. The number of hydrogen-bond acceptors (Lipinski definition) is 3. The third kappa shape index (κ3) is 3.25. The van der Waals surface area contributed by atoms with E-state index in [1.807, 2.05) is 19.3 Å². The third-order valence-electron chi connectivity index (χ3n) is 1.90. The Morgan fingerprint density at radius 1 is 1.67 bits per heavy atom. The average molecular weight is 212 g/mol. The van der Waals surface area contributed by atoms with Gasteiger partial charge in [-0.2, -0.15) is 0 Å². The standard InChI is InChI=1S/C9H16N4O2/c1-6(2)5-13-9(15)4-7(12-13)3-8(14)11-10/h4,6,12H,3,5,10H2,1-2H3,(H,11,14). The summed E-state index contributed by atoms with van der Waals surface area (Å²) in [6, 6.07) is 1.41. The number of H-pyrrole nitrogens is 1. The number of hydrogen-bond donors (Lipinski definition) is 3. The Balaban J connectivity index is 2.77. The molecule has 1 heterocycles. The molecule has 1 amide bonds. The van der Waals surface area contributed by atoms with E-state index in [1.54, 1.807) is 0 Å². The van der Waals surface area contributed by atoms with Crippen LogP contribution in [0.15, 0.2) is 10.9 Å². The SMILES string of the molecule is CC(C)Cn1[nH]c(CC(=O)NN)cc1=O. The van der Waals surface area contributed by atoms with Crippen LogP contribution >= 0.6 is 0 Å². The highest BCUT2D eigenvalue weighted by molar-refractivity contribution is 5.77. The summed E-state index contributed by atoms with van der Waals surface area (Å²) >= 11 is 0. The first-order valence-corrected chi connectivity index (χ1v) is 4.81. The Morgan fingerprint density at radius 3 is 2.87 bits per heavy atom. The molecule has 0 atom stereocenters. The minimum atomic E-state index is -0.326. The van der Waals surface area contributed by atoms with Crippen LogP contribution in [0.4, 0.5) is 0 Å². The summed E-state index contributed by atoms with van der Waals surface area (Å²) in [5.41, 5.74) is 2.46. The monoisotopic (exact) mass is 212 g/mol. The van der Waals surface area contributed by atoms with Crippen molar-refractivity contribution in [3.63, 3.8) is 0 Å². The van der Waals surface area contributed by atoms with Gasteiger partial charge in [-0.25, -0.2) is 5.84 Å². The molecule has 15 heavy (non-hydrogen) atoms. The zero-order valence-electron chi connectivity index (χ0n) is 8.91. The minimum absolute atomic E-state index is 0.0941. The Bertz CT molecular complexity index is 391. The molecule has 1 aromatic heterocycles. The van der Waals surface area contributed by atoms with Crippen molar-refractivity contribution in [3.05, 3.63) is 22.1 Å². The first-order valence-electron chi connectivity index (χ1n) is 4.81. The lowest BCUT2D eigenvalue weighted by atomic mass is 10.2. The summed E-state index contributed by atoms with van der Waals surface area (Å²) in [6.45, 7) is 4.64. The molecule has 0 saturated heterocycles. The number of nitrogens with zero attached hydrogens (tertiary/aromatic N) is 1. The molecule has 0 bridgehead atoms. The van der Waals surface area contributed by atoms with Gasteiger partial charge in [0.05, 0.1) is 6.42 Å². The van der Waals surface area contributed by atoms with Crippen molar-refractivity contribution < 1.29 is 4.79 Å². The van der Waals surface area contributed by atoms with Crippen LogP contribution in [0.1, 0.15) is 19.5 Å². The Hall–Kier alpha value is -1.56. The molecule has 0 saturated carbocycles. The topological polar surface area (TPSA) is 92.9 Å². The summed E-state index contributed by atoms with van der Waals surface area (Å²) in [5.74, 6) is 4.99. The maximum atomic E-state index is 11.4. The van der Waals surface area contributed by atoms with E-state index in [-0.39, 0.29) is 17.9 Å². The Labute approximate surface area is 87.4 Å². The first-order chi connectivity index (χ1) is 7.02. The second-order valence-electron chi connectivity index (χ2n) is 3.87. The first kappa shape index (κ1) is 11.5. The Morgan fingerprint density at radius 2 is 2.33 bits per heavy atom. The average Bonchev–Trinajstić information content (AvgIpc) is 2.45. The molecule has 6 nitrogen and oxygen atoms in total. The molecule has 0 unspecified atom stereocenters. The van der Waals surface area contributed by atoms with Crippen LogP contribution in [0.25, 0.3) is 0 Å². The zero-order chi connectivity index (χ0) is 11.4. The summed E-state index contributed by atoms with van der Waals surface area (Å²) in [7, 11) is 0. The third-order valence-corrected chi connectivity index (χ3v) is 1.90. The van der Waals surface area contributed by atoms with Crippen LogP contribution < -0.4 is 16.8 Å². The molecular weight excluding hydrogens is 196 g/mol. The van der Waals surface area contributed by atoms with Gasteiger partial charge in [-0.3, -0.25) is 24.8 Å². The molecule has 1 aromatic rings. The predicted molar refractivity (Wildman–Crippen MR) is 55.9 cm³/mol. The number of hydrazine groups is 1. The fourth-order valence-corrected chi connectivity index (χ4v) is 1.30. The van der Waals surface area contributed by atoms with Gasteiger partial charge in [0.15, 0.2) is 0 Å². The van der Waals surface area contributed by atoms with Crippen molar-refractivity contribution in [2.75, 3.05) is 0 Å². The van der Waals surface area contributed by atoms with Crippen LogP contribution in [0.3, 0.4) is 0 Å². The number of carbonyl (C=O) groups excluding carboxylic acids is 1. The van der Waals surface area contributed by atoms with Gasteiger partial charge < -0.3 is 0 Å². The maximum absolute atomic E-state index is 11.4. The lowest BCUT2D eigenvalue weighted by Crippen LogP contribution is -2.31. The van der Waals surface area contributed by atoms with Crippen molar-refractivity contribution in [1.82, 2.24) is 15.2 Å². The molecule has 6 heteroatoms. The smallest absolute Gasteiger partial charge is 0.266 e. The second kappa shape index (κ2) is 4.79. The van der Waals surface area contributed by atoms with Gasteiger partial charge in [-0.15, -0.1) is 0 Å². The molecule has 0 radical (unpaired) electrons. The summed E-state index contributed by atoms with van der Waals surface area (Å²) < 4.78 is 1.49. The number of amides is 1. The number of carbonyl (C=O) groups is 1. The highest BCUT2D eigenvalue weighted by Gasteiger charge is 2.07. The van der Waals surface area contributed by atoms with Crippen molar-refractivity contribution in [2.45, 2.75) is 26.8 Å². The number of rotatable bonds is 4. The van der Waals surface area contributed by atoms with Crippen molar-refractivity contribution in [1.29, 1.82) is 0 Å². The number of aromatic amines is 1. The molecule has 4 N–H and O–H groups in total. The number of nitrogens with one attached hydrogen (secondary N) is 2. The van der Waals surface area contributed by atoms with Gasteiger partial charge in [-0.05, 0) is 5.92 Å². The quantitative estimate of drug-likeness (QED) is 0.352. The molecule has 0 spiro atoms. The summed E-state index contributed by atoms with van der Waals surface area (Å²) in [4.78, 5) is 22.4. The number of nitrogens with two attached hydrogens (primary N) is 1. The van der Waals surface area contributed by atoms with Crippen LogP contribution in [0.2, 0.25) is 0 Å². The van der Waals surface area contributed by atoms with Gasteiger partial charge in [0.25, 0.3) is 5.56 Å². The zero-order valence-corrected chi connectivity index (χ0v) is 8.91. The molecule has 84 valence electrons. The van der Waals surface area contributed by atoms with E-state index >= 15 is 0 Å². The van der Waals surface area contributed by atoms with Gasteiger partial charge >= 0.3 is 0 Å². The fraction of sp³-hybridized carbons (Fsp3) is 0.556. The summed E-state index contributed by atoms with van der Waals surface area (Å²) in [6.07, 6.45) is 0.0941. The largest absolute Gasteiger partial charge is 0.299 e. The molecule has 0 aliphatic heterocycles. The maximum Gasteiger partial charge on any atom is 0.266 e. The van der Waals surface area contributed by atoms with Crippen molar-refractivity contribution >= 4 is 5.91 Å². The molecule has 0 aromatic carbocycles. The van der Waals surface area contributed by atoms with Crippen LogP contribution in [-0.2, 0) is 17.8 Å². The predicted octanol–water partition coefficient (Wildman–Crippen LogP) is -0.635. The van der Waals surface area contributed by atoms with E-state index in [9.17, 15) is 9.59 Å². The van der Waals surface area contributed by atoms with E-state index in [0.717, 1.165) is 0 Å². The van der Waals surface area contributed by atoms with E-state index < -0.39 is 0 Å². The van der Waals surface area contributed by atoms with E-state index in [2.05, 4.69) is 5.10 Å².